The third kappa shape index (κ3) is 6.70. The van der Waals surface area contributed by atoms with E-state index < -0.39 is 14.9 Å². The van der Waals surface area contributed by atoms with Gasteiger partial charge in [0.1, 0.15) is 0 Å². The van der Waals surface area contributed by atoms with Crippen LogP contribution in [0.3, 0.4) is 0 Å². The molecule has 0 bridgehead atoms. The van der Waals surface area contributed by atoms with E-state index in [9.17, 15) is 18.5 Å². The molecule has 0 aliphatic heterocycles. The quantitative estimate of drug-likeness (QED) is 0.113. The SMILES string of the molecule is Cl.Cl.NCCCCS(=O)(=O)Nc1ccc(Nc2c3ccccc3nc3cc([N+](=O)[O-])ccc23)cc1. The Morgan fingerprint density at radius 1 is 0.886 bits per heavy atom. The minimum atomic E-state index is -3.44. The highest BCUT2D eigenvalue weighted by Crippen LogP contribution is 2.34. The van der Waals surface area contributed by atoms with E-state index in [0.29, 0.717) is 36.1 Å². The van der Waals surface area contributed by atoms with E-state index in [1.165, 1.54) is 12.1 Å². The maximum Gasteiger partial charge on any atom is 0.271 e. The Morgan fingerprint density at radius 2 is 1.54 bits per heavy atom. The van der Waals surface area contributed by atoms with Crippen LogP contribution in [0.2, 0.25) is 0 Å². The van der Waals surface area contributed by atoms with E-state index in [4.69, 9.17) is 5.73 Å². The lowest BCUT2D eigenvalue weighted by Crippen LogP contribution is -2.17. The topological polar surface area (TPSA) is 140 Å². The van der Waals surface area contributed by atoms with Crippen LogP contribution in [0, 0.1) is 10.1 Å². The molecule has 35 heavy (non-hydrogen) atoms. The number of nitrogens with two attached hydrogens (primary N) is 1. The number of rotatable bonds is 9. The van der Waals surface area contributed by atoms with Crippen molar-refractivity contribution in [1.82, 2.24) is 4.98 Å². The van der Waals surface area contributed by atoms with Crippen LogP contribution in [0.25, 0.3) is 21.8 Å². The van der Waals surface area contributed by atoms with Gasteiger partial charge >= 0.3 is 0 Å². The molecule has 0 amide bonds. The zero-order valence-electron chi connectivity index (χ0n) is 18.5. The van der Waals surface area contributed by atoms with Crippen molar-refractivity contribution in [3.63, 3.8) is 0 Å². The minimum absolute atomic E-state index is 0. The van der Waals surface area contributed by atoms with Gasteiger partial charge in [0.25, 0.3) is 5.69 Å². The predicted octanol–water partition coefficient (Wildman–Crippen LogP) is 5.36. The molecular weight excluding hydrogens is 513 g/mol. The minimum Gasteiger partial charge on any atom is -0.354 e. The molecule has 1 aromatic heterocycles. The maximum atomic E-state index is 12.2. The smallest absolute Gasteiger partial charge is 0.271 e. The van der Waals surface area contributed by atoms with E-state index in [0.717, 1.165) is 22.1 Å². The van der Waals surface area contributed by atoms with Crippen molar-refractivity contribution in [2.75, 3.05) is 22.3 Å². The predicted molar refractivity (Wildman–Crippen MR) is 146 cm³/mol. The molecule has 0 saturated carbocycles. The molecule has 3 aromatic carbocycles. The number of aromatic nitrogens is 1. The van der Waals surface area contributed by atoms with Crippen molar-refractivity contribution >= 4 is 79.4 Å². The molecule has 0 fully saturated rings. The zero-order chi connectivity index (χ0) is 23.4. The number of benzene rings is 3. The molecule has 0 spiro atoms. The maximum absolute atomic E-state index is 12.2. The number of halogens is 2. The fourth-order valence-corrected chi connectivity index (χ4v) is 4.74. The van der Waals surface area contributed by atoms with Crippen LogP contribution in [0.1, 0.15) is 12.8 Å². The van der Waals surface area contributed by atoms with Gasteiger partial charge in [-0.25, -0.2) is 13.4 Å². The Balaban J connectivity index is 0.00000216. The molecule has 4 rings (SSSR count). The van der Waals surface area contributed by atoms with Gasteiger partial charge in [0.15, 0.2) is 0 Å². The number of hydrogen-bond acceptors (Lipinski definition) is 7. The van der Waals surface area contributed by atoms with Gasteiger partial charge < -0.3 is 11.1 Å². The molecule has 0 aliphatic rings. The standard InChI is InChI=1S/C23H23N5O4S.2ClH/c24-13-3-4-14-33(31,32)27-17-9-7-16(8-10-17)25-23-19-5-1-2-6-21(19)26-22-15-18(28(29)30)11-12-20(22)23;;/h1-2,5-12,15,27H,3-4,13-14,24H2,(H,25,26);2*1H. The fraction of sp³-hybridized carbons (Fsp3) is 0.174. The number of unbranched alkanes of at least 4 members (excludes halogenated alkanes) is 1. The molecule has 12 heteroatoms. The fourth-order valence-electron chi connectivity index (χ4n) is 3.56. The summed E-state index contributed by atoms with van der Waals surface area (Å²) in [6.45, 7) is 0.460. The first-order valence-electron chi connectivity index (χ1n) is 10.4. The monoisotopic (exact) mass is 537 g/mol. The summed E-state index contributed by atoms with van der Waals surface area (Å²) in [5, 5.41) is 16.2. The largest absolute Gasteiger partial charge is 0.354 e. The zero-order valence-corrected chi connectivity index (χ0v) is 21.0. The van der Waals surface area contributed by atoms with Crippen molar-refractivity contribution in [2.45, 2.75) is 12.8 Å². The number of nitro benzene ring substituents is 1. The number of fused-ring (bicyclic) bond motifs is 2. The molecule has 0 aliphatic carbocycles. The summed E-state index contributed by atoms with van der Waals surface area (Å²) in [6.07, 6.45) is 1.16. The number of pyridine rings is 1. The van der Waals surface area contributed by atoms with Gasteiger partial charge in [0, 0.05) is 34.3 Å². The van der Waals surface area contributed by atoms with Crippen molar-refractivity contribution < 1.29 is 13.3 Å². The van der Waals surface area contributed by atoms with Crippen LogP contribution in [-0.4, -0.2) is 30.6 Å². The van der Waals surface area contributed by atoms with E-state index in [2.05, 4.69) is 15.0 Å². The van der Waals surface area contributed by atoms with Gasteiger partial charge in [0.2, 0.25) is 10.0 Å². The lowest BCUT2D eigenvalue weighted by Gasteiger charge is -2.14. The highest BCUT2D eigenvalue weighted by molar-refractivity contribution is 7.92. The molecule has 186 valence electrons. The second-order valence-corrected chi connectivity index (χ2v) is 9.42. The van der Waals surface area contributed by atoms with Gasteiger partial charge in [-0.05, 0) is 55.8 Å². The second-order valence-electron chi connectivity index (χ2n) is 7.58. The highest BCUT2D eigenvalue weighted by atomic mass is 35.5. The van der Waals surface area contributed by atoms with E-state index in [1.54, 1.807) is 30.3 Å². The van der Waals surface area contributed by atoms with Gasteiger partial charge in [-0.1, -0.05) is 18.2 Å². The molecule has 0 radical (unpaired) electrons. The Labute approximate surface area is 215 Å². The summed E-state index contributed by atoms with van der Waals surface area (Å²) in [5.74, 6) is 0.0192. The lowest BCUT2D eigenvalue weighted by atomic mass is 10.1. The number of nitrogens with zero attached hydrogens (tertiary/aromatic N) is 2. The first-order chi connectivity index (χ1) is 15.9. The van der Waals surface area contributed by atoms with Crippen molar-refractivity contribution in [3.8, 4) is 0 Å². The number of sulfonamides is 1. The number of nitrogens with one attached hydrogen (secondary N) is 2. The average molecular weight is 538 g/mol. The van der Waals surface area contributed by atoms with Gasteiger partial charge in [-0.3, -0.25) is 14.8 Å². The number of anilines is 3. The summed E-state index contributed by atoms with van der Waals surface area (Å²) in [7, 11) is -3.44. The third-order valence-electron chi connectivity index (χ3n) is 5.17. The van der Waals surface area contributed by atoms with E-state index in [-0.39, 0.29) is 36.3 Å². The van der Waals surface area contributed by atoms with Crippen molar-refractivity contribution in [1.29, 1.82) is 0 Å². The van der Waals surface area contributed by atoms with Crippen LogP contribution in [0.15, 0.2) is 66.7 Å². The van der Waals surface area contributed by atoms with Crippen LogP contribution >= 0.6 is 24.8 Å². The van der Waals surface area contributed by atoms with Crippen LogP contribution in [-0.2, 0) is 10.0 Å². The summed E-state index contributed by atoms with van der Waals surface area (Å²) in [5.41, 5.74) is 8.57. The summed E-state index contributed by atoms with van der Waals surface area (Å²) < 4.78 is 27.0. The Hall–Kier alpha value is -3.18. The average Bonchev–Trinajstić information content (AvgIpc) is 2.79. The van der Waals surface area contributed by atoms with E-state index in [1.807, 2.05) is 24.3 Å². The van der Waals surface area contributed by atoms with Crippen molar-refractivity contribution in [2.24, 2.45) is 5.73 Å². The van der Waals surface area contributed by atoms with Crippen LogP contribution in [0.4, 0.5) is 22.7 Å². The summed E-state index contributed by atoms with van der Waals surface area (Å²) >= 11 is 0. The number of para-hydroxylation sites is 1. The van der Waals surface area contributed by atoms with Crippen LogP contribution < -0.4 is 15.8 Å². The lowest BCUT2D eigenvalue weighted by molar-refractivity contribution is -0.384. The molecule has 9 nitrogen and oxygen atoms in total. The summed E-state index contributed by atoms with van der Waals surface area (Å²) in [6, 6.07) is 19.0. The van der Waals surface area contributed by atoms with Gasteiger partial charge in [0.05, 0.1) is 27.4 Å². The first-order valence-corrected chi connectivity index (χ1v) is 12.1. The van der Waals surface area contributed by atoms with Gasteiger partial charge in [-0.15, -0.1) is 24.8 Å². The Kier molecular flexibility index (Phi) is 9.61. The number of nitro groups is 1. The molecule has 0 unspecified atom stereocenters. The third-order valence-corrected chi connectivity index (χ3v) is 6.54. The highest BCUT2D eigenvalue weighted by Gasteiger charge is 2.14. The number of hydrogen-bond donors (Lipinski definition) is 3. The van der Waals surface area contributed by atoms with Gasteiger partial charge in [-0.2, -0.15) is 0 Å². The normalized spacial score (nSPS) is 10.9. The Morgan fingerprint density at radius 3 is 2.23 bits per heavy atom. The van der Waals surface area contributed by atoms with Crippen LogP contribution in [0.5, 0.6) is 0 Å². The summed E-state index contributed by atoms with van der Waals surface area (Å²) in [4.78, 5) is 15.3. The van der Waals surface area contributed by atoms with Crippen molar-refractivity contribution in [3.05, 3.63) is 76.8 Å². The second kappa shape index (κ2) is 12.0. The molecule has 0 atom stereocenters. The molecule has 0 saturated heterocycles. The molecule has 4 aromatic rings. The molecule has 4 N–H and O–H groups in total. The molecular formula is C23H25Cl2N5O4S. The first kappa shape index (κ1) is 28.1. The molecule has 1 heterocycles. The van der Waals surface area contributed by atoms with E-state index >= 15 is 0 Å². The Bertz CT molecular complexity index is 1430. The number of non-ortho nitro benzene ring substituents is 1.